The Bertz CT molecular complexity index is 573. The van der Waals surface area contributed by atoms with Gasteiger partial charge in [-0.05, 0) is 39.8 Å². The Labute approximate surface area is 128 Å². The van der Waals surface area contributed by atoms with Crippen molar-refractivity contribution in [1.82, 2.24) is 14.9 Å². The van der Waals surface area contributed by atoms with Crippen molar-refractivity contribution in [2.45, 2.75) is 36.2 Å². The highest BCUT2D eigenvalue weighted by Gasteiger charge is 2.32. The molecule has 1 aliphatic carbocycles. The third-order valence-corrected chi connectivity index (χ3v) is 5.55. The van der Waals surface area contributed by atoms with E-state index < -0.39 is 11.2 Å². The Balaban J connectivity index is 1.91. The van der Waals surface area contributed by atoms with Crippen LogP contribution >= 0.6 is 0 Å². The van der Waals surface area contributed by atoms with E-state index in [9.17, 15) is 4.55 Å². The van der Waals surface area contributed by atoms with Crippen molar-refractivity contribution >= 4 is 11.2 Å². The quantitative estimate of drug-likeness (QED) is 0.884. The first kappa shape index (κ1) is 14.6. The highest BCUT2D eigenvalue weighted by molar-refractivity contribution is 7.91. The Morgan fingerprint density at radius 3 is 2.57 bits per heavy atom. The predicted molar refractivity (Wildman–Crippen MR) is 84.5 cm³/mol. The molecule has 0 spiro atoms. The number of aromatic amines is 1. The molecule has 1 aliphatic rings. The van der Waals surface area contributed by atoms with Crippen LogP contribution in [0.25, 0.3) is 0 Å². The van der Waals surface area contributed by atoms with E-state index >= 15 is 0 Å². The topological polar surface area (TPSA) is 55.0 Å². The van der Waals surface area contributed by atoms with Gasteiger partial charge in [0.15, 0.2) is 0 Å². The molecular weight excluding hydrogens is 282 g/mol. The summed E-state index contributed by atoms with van der Waals surface area (Å²) in [5.41, 5.74) is 3.33. The van der Waals surface area contributed by atoms with Gasteiger partial charge in [-0.15, -0.1) is 0 Å². The summed E-state index contributed by atoms with van der Waals surface area (Å²) in [6, 6.07) is 9.98. The minimum absolute atomic E-state index is 0.182. The first-order valence-electron chi connectivity index (χ1n) is 7.36. The third-order valence-electron chi connectivity index (χ3n) is 3.88. The van der Waals surface area contributed by atoms with E-state index in [0.717, 1.165) is 24.1 Å². The standard InChI is InChI=1S/C16H21N3OS/c1-19(2)15(12-8-4-3-5-9-12)21(20)16-17-13-10-6-7-11-14(13)18-16/h3-5,8-9,15H,6-7,10-11H2,1-2H3,(H,17,18). The van der Waals surface area contributed by atoms with Crippen molar-refractivity contribution in [2.24, 2.45) is 0 Å². The number of aryl methyl sites for hydroxylation is 2. The number of aromatic nitrogens is 2. The van der Waals surface area contributed by atoms with Crippen LogP contribution in [0.4, 0.5) is 0 Å². The molecule has 2 atom stereocenters. The summed E-state index contributed by atoms with van der Waals surface area (Å²) in [7, 11) is 3.91. The molecule has 112 valence electrons. The first-order chi connectivity index (χ1) is 10.2. The molecule has 1 heterocycles. The van der Waals surface area contributed by atoms with Gasteiger partial charge in [-0.1, -0.05) is 30.3 Å². The molecule has 2 unspecified atom stereocenters. The second kappa shape index (κ2) is 6.22. The summed E-state index contributed by atoms with van der Waals surface area (Å²) < 4.78 is 13.0. The van der Waals surface area contributed by atoms with Crippen LogP contribution in [-0.2, 0) is 24.0 Å². The lowest BCUT2D eigenvalue weighted by Gasteiger charge is -2.25. The number of nitrogens with one attached hydrogen (secondary N) is 1. The molecule has 1 aromatic heterocycles. The average molecular weight is 303 g/mol. The van der Waals surface area contributed by atoms with Gasteiger partial charge in [0.25, 0.3) is 0 Å². The van der Waals surface area contributed by atoms with Gasteiger partial charge in [0.2, 0.25) is 5.37 Å². The zero-order valence-electron chi connectivity index (χ0n) is 12.5. The van der Waals surface area contributed by atoms with Gasteiger partial charge in [0, 0.05) is 22.4 Å². The van der Waals surface area contributed by atoms with Crippen molar-refractivity contribution in [3.05, 3.63) is 47.3 Å². The SMILES string of the molecule is CN(C)C(c1ccccc1)[S+]([O-])c1nc2c([nH]1)CCCC2. The maximum absolute atomic E-state index is 13.0. The molecule has 0 radical (unpaired) electrons. The van der Waals surface area contributed by atoms with E-state index in [2.05, 4.69) is 9.97 Å². The average Bonchev–Trinajstić information content (AvgIpc) is 2.92. The van der Waals surface area contributed by atoms with Crippen LogP contribution in [0.2, 0.25) is 0 Å². The molecule has 5 heteroatoms. The highest BCUT2D eigenvalue weighted by Crippen LogP contribution is 2.30. The molecule has 0 saturated carbocycles. The fourth-order valence-corrected chi connectivity index (χ4v) is 4.28. The molecule has 0 saturated heterocycles. The van der Waals surface area contributed by atoms with Gasteiger partial charge in [0.1, 0.15) is 0 Å². The normalized spacial score (nSPS) is 17.5. The first-order valence-corrected chi connectivity index (χ1v) is 8.58. The van der Waals surface area contributed by atoms with Crippen LogP contribution < -0.4 is 0 Å². The molecule has 21 heavy (non-hydrogen) atoms. The van der Waals surface area contributed by atoms with Gasteiger partial charge in [-0.25, -0.2) is 0 Å². The van der Waals surface area contributed by atoms with Crippen LogP contribution in [0.15, 0.2) is 35.5 Å². The summed E-state index contributed by atoms with van der Waals surface area (Å²) in [6.07, 6.45) is 4.40. The molecule has 1 N–H and O–H groups in total. The second-order valence-electron chi connectivity index (χ2n) is 5.70. The van der Waals surface area contributed by atoms with Gasteiger partial charge < -0.3 is 9.54 Å². The zero-order valence-corrected chi connectivity index (χ0v) is 13.3. The predicted octanol–water partition coefficient (Wildman–Crippen LogP) is 2.66. The van der Waals surface area contributed by atoms with Crippen molar-refractivity contribution in [1.29, 1.82) is 0 Å². The summed E-state index contributed by atoms with van der Waals surface area (Å²) in [5, 5.41) is 0.434. The number of H-pyrrole nitrogens is 1. The van der Waals surface area contributed by atoms with Crippen LogP contribution in [0, 0.1) is 0 Å². The van der Waals surface area contributed by atoms with Gasteiger partial charge in [-0.3, -0.25) is 4.90 Å². The van der Waals surface area contributed by atoms with Crippen molar-refractivity contribution < 1.29 is 4.55 Å². The van der Waals surface area contributed by atoms with E-state index in [-0.39, 0.29) is 5.37 Å². The van der Waals surface area contributed by atoms with E-state index in [1.807, 2.05) is 49.3 Å². The van der Waals surface area contributed by atoms with Crippen molar-refractivity contribution in [3.63, 3.8) is 0 Å². The van der Waals surface area contributed by atoms with Crippen molar-refractivity contribution in [3.8, 4) is 0 Å². The minimum Gasteiger partial charge on any atom is -0.607 e. The van der Waals surface area contributed by atoms with Crippen LogP contribution in [-0.4, -0.2) is 33.5 Å². The minimum atomic E-state index is -1.21. The Hall–Kier alpha value is -1.30. The van der Waals surface area contributed by atoms with Gasteiger partial charge >= 0.3 is 5.16 Å². The molecular formula is C16H21N3OS. The third kappa shape index (κ3) is 3.00. The van der Waals surface area contributed by atoms with E-state index in [1.54, 1.807) is 0 Å². The summed E-state index contributed by atoms with van der Waals surface area (Å²) in [6.45, 7) is 0. The van der Waals surface area contributed by atoms with Crippen LogP contribution in [0.1, 0.15) is 35.2 Å². The number of hydrogen-bond acceptors (Lipinski definition) is 3. The van der Waals surface area contributed by atoms with Gasteiger partial charge in [-0.2, -0.15) is 4.98 Å². The lowest BCUT2D eigenvalue weighted by Crippen LogP contribution is -2.28. The summed E-state index contributed by atoms with van der Waals surface area (Å²) >= 11 is -1.21. The molecule has 3 rings (SSSR count). The molecule has 0 fully saturated rings. The molecule has 0 bridgehead atoms. The number of fused-ring (bicyclic) bond motifs is 1. The number of nitrogens with zero attached hydrogens (tertiary/aromatic N) is 2. The fraction of sp³-hybridized carbons (Fsp3) is 0.438. The second-order valence-corrected chi connectivity index (χ2v) is 7.13. The highest BCUT2D eigenvalue weighted by atomic mass is 32.2. The molecule has 0 aliphatic heterocycles. The van der Waals surface area contributed by atoms with Crippen LogP contribution in [0.5, 0.6) is 0 Å². The van der Waals surface area contributed by atoms with E-state index in [4.69, 9.17) is 0 Å². The smallest absolute Gasteiger partial charge is 0.322 e. The fourth-order valence-electron chi connectivity index (χ4n) is 2.86. The number of rotatable bonds is 4. The number of imidazole rings is 1. The van der Waals surface area contributed by atoms with Crippen molar-refractivity contribution in [2.75, 3.05) is 14.1 Å². The Morgan fingerprint density at radius 2 is 1.90 bits per heavy atom. The largest absolute Gasteiger partial charge is 0.607 e. The number of hydrogen-bond donors (Lipinski definition) is 1. The summed E-state index contributed by atoms with van der Waals surface area (Å²) in [4.78, 5) is 9.89. The zero-order chi connectivity index (χ0) is 14.8. The van der Waals surface area contributed by atoms with E-state index in [1.165, 1.54) is 18.5 Å². The summed E-state index contributed by atoms with van der Waals surface area (Å²) in [5.74, 6) is 0. The van der Waals surface area contributed by atoms with Gasteiger partial charge in [0.05, 0.1) is 5.69 Å². The molecule has 0 amide bonds. The Morgan fingerprint density at radius 1 is 1.19 bits per heavy atom. The molecule has 2 aromatic rings. The van der Waals surface area contributed by atoms with E-state index in [0.29, 0.717) is 5.16 Å². The Kier molecular flexibility index (Phi) is 4.33. The molecule has 4 nitrogen and oxygen atoms in total. The monoisotopic (exact) mass is 303 g/mol. The van der Waals surface area contributed by atoms with Crippen LogP contribution in [0.3, 0.4) is 0 Å². The maximum Gasteiger partial charge on any atom is 0.322 e. The molecule has 1 aromatic carbocycles. The lowest BCUT2D eigenvalue weighted by molar-refractivity contribution is 0.369. The lowest BCUT2D eigenvalue weighted by atomic mass is 10.0. The number of benzene rings is 1. The maximum atomic E-state index is 13.0.